The SMILES string of the molecule is Cc1cc(N(C)C)ccc1CNC(C)CCn1cccn1. The molecule has 4 heteroatoms. The van der Waals surface area contributed by atoms with Gasteiger partial charge in [-0.25, -0.2) is 0 Å². The van der Waals surface area contributed by atoms with E-state index in [1.807, 2.05) is 23.1 Å². The second kappa shape index (κ2) is 7.27. The summed E-state index contributed by atoms with van der Waals surface area (Å²) in [7, 11) is 4.15. The van der Waals surface area contributed by atoms with E-state index in [1.54, 1.807) is 0 Å². The normalized spacial score (nSPS) is 12.4. The van der Waals surface area contributed by atoms with Gasteiger partial charge in [-0.05, 0) is 49.6 Å². The zero-order valence-electron chi connectivity index (χ0n) is 13.5. The fourth-order valence-electron chi connectivity index (χ4n) is 2.30. The molecule has 1 N–H and O–H groups in total. The van der Waals surface area contributed by atoms with Gasteiger partial charge in [-0.15, -0.1) is 0 Å². The van der Waals surface area contributed by atoms with Crippen molar-refractivity contribution in [1.29, 1.82) is 0 Å². The van der Waals surface area contributed by atoms with Crippen LogP contribution in [0.3, 0.4) is 0 Å². The Balaban J connectivity index is 1.82. The van der Waals surface area contributed by atoms with Crippen LogP contribution in [0, 0.1) is 6.92 Å². The number of rotatable bonds is 7. The Morgan fingerprint density at radius 3 is 2.76 bits per heavy atom. The summed E-state index contributed by atoms with van der Waals surface area (Å²) in [5, 5.41) is 7.83. The fraction of sp³-hybridized carbons (Fsp3) is 0.471. The summed E-state index contributed by atoms with van der Waals surface area (Å²) >= 11 is 0. The van der Waals surface area contributed by atoms with E-state index in [4.69, 9.17) is 0 Å². The average Bonchev–Trinajstić information content (AvgIpc) is 2.97. The molecule has 0 aliphatic heterocycles. The van der Waals surface area contributed by atoms with E-state index in [1.165, 1.54) is 16.8 Å². The van der Waals surface area contributed by atoms with Crippen LogP contribution in [-0.2, 0) is 13.1 Å². The van der Waals surface area contributed by atoms with Crippen molar-refractivity contribution < 1.29 is 0 Å². The third-order valence-electron chi connectivity index (χ3n) is 3.83. The average molecular weight is 286 g/mol. The van der Waals surface area contributed by atoms with E-state index in [2.05, 4.69) is 61.5 Å². The molecule has 0 amide bonds. The molecule has 1 heterocycles. The summed E-state index contributed by atoms with van der Waals surface area (Å²) in [6, 6.07) is 9.08. The molecule has 0 fully saturated rings. The molecular formula is C17H26N4. The van der Waals surface area contributed by atoms with Crippen LogP contribution < -0.4 is 10.2 Å². The number of hydrogen-bond acceptors (Lipinski definition) is 3. The standard InChI is InChI=1S/C17H26N4/c1-14-12-17(20(3)4)7-6-16(14)13-18-15(2)8-11-21-10-5-9-19-21/h5-7,9-10,12,15,18H,8,11,13H2,1-4H3. The molecule has 4 nitrogen and oxygen atoms in total. The van der Waals surface area contributed by atoms with Gasteiger partial charge in [0.2, 0.25) is 0 Å². The van der Waals surface area contributed by atoms with Crippen molar-refractivity contribution in [2.45, 2.75) is 39.4 Å². The molecule has 0 aliphatic carbocycles. The first-order valence-electron chi connectivity index (χ1n) is 7.54. The van der Waals surface area contributed by atoms with Crippen LogP contribution in [-0.4, -0.2) is 29.9 Å². The lowest BCUT2D eigenvalue weighted by molar-refractivity contribution is 0.457. The minimum absolute atomic E-state index is 0.474. The van der Waals surface area contributed by atoms with Gasteiger partial charge in [-0.2, -0.15) is 5.10 Å². The third kappa shape index (κ3) is 4.60. The molecule has 2 aromatic rings. The number of hydrogen-bond donors (Lipinski definition) is 1. The zero-order chi connectivity index (χ0) is 15.2. The third-order valence-corrected chi connectivity index (χ3v) is 3.83. The molecule has 1 aromatic carbocycles. The highest BCUT2D eigenvalue weighted by Crippen LogP contribution is 2.17. The molecule has 2 rings (SSSR count). The van der Waals surface area contributed by atoms with E-state index < -0.39 is 0 Å². The van der Waals surface area contributed by atoms with Gasteiger partial charge in [0, 0.05) is 51.3 Å². The molecular weight excluding hydrogens is 260 g/mol. The lowest BCUT2D eigenvalue weighted by Crippen LogP contribution is -2.27. The van der Waals surface area contributed by atoms with E-state index in [9.17, 15) is 0 Å². The molecule has 0 spiro atoms. The van der Waals surface area contributed by atoms with Gasteiger partial charge in [0.05, 0.1) is 0 Å². The van der Waals surface area contributed by atoms with Crippen molar-refractivity contribution in [3.63, 3.8) is 0 Å². The van der Waals surface area contributed by atoms with E-state index in [0.717, 1.165) is 19.5 Å². The summed E-state index contributed by atoms with van der Waals surface area (Å²) in [5.74, 6) is 0. The zero-order valence-corrected chi connectivity index (χ0v) is 13.5. The molecule has 0 aliphatic rings. The molecule has 1 atom stereocenters. The maximum atomic E-state index is 4.23. The van der Waals surface area contributed by atoms with Gasteiger partial charge < -0.3 is 10.2 Å². The predicted octanol–water partition coefficient (Wildman–Crippen LogP) is 2.83. The quantitative estimate of drug-likeness (QED) is 0.849. The molecule has 0 bridgehead atoms. The highest BCUT2D eigenvalue weighted by atomic mass is 15.3. The Morgan fingerprint density at radius 2 is 2.14 bits per heavy atom. The number of nitrogens with zero attached hydrogens (tertiary/aromatic N) is 3. The summed E-state index contributed by atoms with van der Waals surface area (Å²) in [6.45, 7) is 6.28. The smallest absolute Gasteiger partial charge is 0.0489 e. The van der Waals surface area contributed by atoms with E-state index in [0.29, 0.717) is 6.04 Å². The highest BCUT2D eigenvalue weighted by Gasteiger charge is 2.05. The van der Waals surface area contributed by atoms with Gasteiger partial charge in [-0.1, -0.05) is 6.07 Å². The van der Waals surface area contributed by atoms with Crippen molar-refractivity contribution in [1.82, 2.24) is 15.1 Å². The van der Waals surface area contributed by atoms with Crippen molar-refractivity contribution >= 4 is 5.69 Å². The van der Waals surface area contributed by atoms with Crippen LogP contribution in [0.15, 0.2) is 36.7 Å². The Labute approximate surface area is 127 Å². The topological polar surface area (TPSA) is 33.1 Å². The van der Waals surface area contributed by atoms with E-state index >= 15 is 0 Å². The van der Waals surface area contributed by atoms with Crippen molar-refractivity contribution in [3.05, 3.63) is 47.8 Å². The molecule has 114 valence electrons. The monoisotopic (exact) mass is 286 g/mol. The Bertz CT molecular complexity index is 546. The predicted molar refractivity (Wildman–Crippen MR) is 88.7 cm³/mol. The van der Waals surface area contributed by atoms with Crippen molar-refractivity contribution in [2.24, 2.45) is 0 Å². The van der Waals surface area contributed by atoms with Crippen molar-refractivity contribution in [2.75, 3.05) is 19.0 Å². The van der Waals surface area contributed by atoms with Crippen LogP contribution in [0.5, 0.6) is 0 Å². The molecule has 1 unspecified atom stereocenters. The van der Waals surface area contributed by atoms with Gasteiger partial charge >= 0.3 is 0 Å². The van der Waals surface area contributed by atoms with Crippen molar-refractivity contribution in [3.8, 4) is 0 Å². The Hall–Kier alpha value is -1.81. The molecule has 1 aromatic heterocycles. The van der Waals surface area contributed by atoms with Crippen LogP contribution in [0.4, 0.5) is 5.69 Å². The number of benzene rings is 1. The van der Waals surface area contributed by atoms with Gasteiger partial charge in [0.15, 0.2) is 0 Å². The van der Waals surface area contributed by atoms with Gasteiger partial charge in [0.1, 0.15) is 0 Å². The summed E-state index contributed by atoms with van der Waals surface area (Å²) < 4.78 is 1.98. The first kappa shape index (κ1) is 15.6. The minimum atomic E-state index is 0.474. The summed E-state index contributed by atoms with van der Waals surface area (Å²) in [6.07, 6.45) is 4.92. The maximum absolute atomic E-state index is 4.23. The Morgan fingerprint density at radius 1 is 1.33 bits per heavy atom. The summed E-state index contributed by atoms with van der Waals surface area (Å²) in [5.41, 5.74) is 3.96. The first-order chi connectivity index (χ1) is 10.1. The van der Waals surface area contributed by atoms with Crippen LogP contribution >= 0.6 is 0 Å². The molecule has 21 heavy (non-hydrogen) atoms. The van der Waals surface area contributed by atoms with E-state index in [-0.39, 0.29) is 0 Å². The van der Waals surface area contributed by atoms with Crippen LogP contribution in [0.1, 0.15) is 24.5 Å². The lowest BCUT2D eigenvalue weighted by atomic mass is 10.1. The minimum Gasteiger partial charge on any atom is -0.378 e. The Kier molecular flexibility index (Phi) is 5.39. The first-order valence-corrected chi connectivity index (χ1v) is 7.54. The molecule has 0 saturated carbocycles. The largest absolute Gasteiger partial charge is 0.378 e. The molecule has 0 radical (unpaired) electrons. The number of aromatic nitrogens is 2. The van der Waals surface area contributed by atoms with Crippen LogP contribution in [0.2, 0.25) is 0 Å². The summed E-state index contributed by atoms with van der Waals surface area (Å²) in [4.78, 5) is 2.14. The maximum Gasteiger partial charge on any atom is 0.0489 e. The van der Waals surface area contributed by atoms with Gasteiger partial charge in [0.25, 0.3) is 0 Å². The second-order valence-corrected chi connectivity index (χ2v) is 5.84. The number of anilines is 1. The van der Waals surface area contributed by atoms with Crippen LogP contribution in [0.25, 0.3) is 0 Å². The second-order valence-electron chi connectivity index (χ2n) is 5.84. The fourth-order valence-corrected chi connectivity index (χ4v) is 2.30. The van der Waals surface area contributed by atoms with Gasteiger partial charge in [-0.3, -0.25) is 4.68 Å². The lowest BCUT2D eigenvalue weighted by Gasteiger charge is -2.17. The number of aryl methyl sites for hydroxylation is 2. The molecule has 0 saturated heterocycles. The highest BCUT2D eigenvalue weighted by molar-refractivity contribution is 5.49. The number of nitrogens with one attached hydrogen (secondary N) is 1.